The Morgan fingerprint density at radius 1 is 0.889 bits per heavy atom. The van der Waals surface area contributed by atoms with Gasteiger partial charge < -0.3 is 15.4 Å². The van der Waals surface area contributed by atoms with Gasteiger partial charge in [0.25, 0.3) is 0 Å². The molecule has 0 spiro atoms. The van der Waals surface area contributed by atoms with Crippen LogP contribution >= 0.6 is 23.4 Å². The van der Waals surface area contributed by atoms with Gasteiger partial charge in [0.05, 0.1) is 23.7 Å². The summed E-state index contributed by atoms with van der Waals surface area (Å²) in [5.74, 6) is -0.555. The number of thioether (sulfide) groups is 1. The summed E-state index contributed by atoms with van der Waals surface area (Å²) in [6.45, 7) is 2.04. The number of hydrogen-bond donors (Lipinski definition) is 2. The monoisotopic (exact) mass is 406 g/mol. The summed E-state index contributed by atoms with van der Waals surface area (Å²) in [5.41, 5.74) is 1.64. The van der Waals surface area contributed by atoms with Crippen molar-refractivity contribution in [1.29, 1.82) is 0 Å². The molecule has 142 valence electrons. The number of hydrogen-bond acceptors (Lipinski definition) is 5. The quantitative estimate of drug-likeness (QED) is 0.651. The van der Waals surface area contributed by atoms with E-state index in [-0.39, 0.29) is 23.3 Å². The summed E-state index contributed by atoms with van der Waals surface area (Å²) in [5, 5.41) is 6.03. The molecule has 8 heteroatoms. The summed E-state index contributed by atoms with van der Waals surface area (Å²) in [7, 11) is 0. The Hall–Kier alpha value is -2.51. The third kappa shape index (κ3) is 7.32. The van der Waals surface area contributed by atoms with E-state index in [0.29, 0.717) is 28.6 Å². The molecule has 0 aliphatic heterocycles. The van der Waals surface area contributed by atoms with E-state index in [1.54, 1.807) is 55.5 Å². The van der Waals surface area contributed by atoms with Crippen LogP contribution in [0.2, 0.25) is 5.02 Å². The van der Waals surface area contributed by atoms with Gasteiger partial charge in [0.15, 0.2) is 0 Å². The molecule has 27 heavy (non-hydrogen) atoms. The summed E-state index contributed by atoms with van der Waals surface area (Å²) in [6, 6.07) is 13.2. The summed E-state index contributed by atoms with van der Waals surface area (Å²) in [4.78, 5) is 35.4. The van der Waals surface area contributed by atoms with Crippen molar-refractivity contribution >= 4 is 52.5 Å². The van der Waals surface area contributed by atoms with Gasteiger partial charge in [0, 0.05) is 16.4 Å². The molecule has 6 nitrogen and oxygen atoms in total. The first-order valence-electron chi connectivity index (χ1n) is 8.18. The molecule has 0 aliphatic rings. The van der Waals surface area contributed by atoms with Crippen molar-refractivity contribution in [2.45, 2.75) is 6.92 Å². The highest BCUT2D eigenvalue weighted by atomic mass is 35.5. The Kier molecular flexibility index (Phi) is 8.16. The van der Waals surface area contributed by atoms with Crippen LogP contribution in [0.5, 0.6) is 0 Å². The van der Waals surface area contributed by atoms with Gasteiger partial charge in [-0.15, -0.1) is 11.8 Å². The number of rotatable bonds is 8. The minimum atomic E-state index is -0.405. The van der Waals surface area contributed by atoms with Crippen LogP contribution in [0.25, 0.3) is 0 Å². The maximum atomic E-state index is 11.9. The van der Waals surface area contributed by atoms with Crippen molar-refractivity contribution in [3.8, 4) is 0 Å². The second-order valence-corrected chi connectivity index (χ2v) is 6.82. The van der Waals surface area contributed by atoms with E-state index in [2.05, 4.69) is 10.6 Å². The van der Waals surface area contributed by atoms with Crippen LogP contribution < -0.4 is 10.6 Å². The molecule has 0 saturated carbocycles. The summed E-state index contributed by atoms with van der Waals surface area (Å²) >= 11 is 6.99. The standard InChI is InChI=1S/C19H19ClN2O4S/c1-2-26-19(25)13-3-7-15(8-4-13)21-17(23)11-27-12-18(24)22-16-9-5-14(20)6-10-16/h3-10H,2,11-12H2,1H3,(H,21,23)(H,22,24). The van der Waals surface area contributed by atoms with E-state index >= 15 is 0 Å². The Balaban J connectivity index is 1.71. The third-order valence-electron chi connectivity index (χ3n) is 3.27. The molecule has 2 aromatic rings. The molecule has 0 aliphatic carbocycles. The lowest BCUT2D eigenvalue weighted by Gasteiger charge is -2.07. The minimum Gasteiger partial charge on any atom is -0.462 e. The highest BCUT2D eigenvalue weighted by Crippen LogP contribution is 2.14. The zero-order chi connectivity index (χ0) is 19.6. The zero-order valence-corrected chi connectivity index (χ0v) is 16.2. The smallest absolute Gasteiger partial charge is 0.338 e. The fraction of sp³-hybridized carbons (Fsp3) is 0.211. The lowest BCUT2D eigenvalue weighted by Crippen LogP contribution is -2.18. The average Bonchev–Trinajstić information content (AvgIpc) is 2.64. The van der Waals surface area contributed by atoms with Gasteiger partial charge >= 0.3 is 5.97 Å². The second-order valence-electron chi connectivity index (χ2n) is 5.39. The number of carbonyl (C=O) groups excluding carboxylic acids is 3. The molecular formula is C19H19ClN2O4S. The molecule has 2 rings (SSSR count). The molecule has 0 radical (unpaired) electrons. The van der Waals surface area contributed by atoms with Gasteiger partial charge in [-0.05, 0) is 55.5 Å². The van der Waals surface area contributed by atoms with E-state index in [0.717, 1.165) is 0 Å². The van der Waals surface area contributed by atoms with Crippen LogP contribution in [-0.4, -0.2) is 35.9 Å². The van der Waals surface area contributed by atoms with Gasteiger partial charge in [-0.25, -0.2) is 4.79 Å². The number of nitrogens with one attached hydrogen (secondary N) is 2. The van der Waals surface area contributed by atoms with Crippen molar-refractivity contribution < 1.29 is 19.1 Å². The van der Waals surface area contributed by atoms with Crippen molar-refractivity contribution in [1.82, 2.24) is 0 Å². The molecule has 2 amide bonds. The van der Waals surface area contributed by atoms with Crippen LogP contribution in [0.1, 0.15) is 17.3 Å². The molecule has 0 saturated heterocycles. The fourth-order valence-electron chi connectivity index (χ4n) is 2.07. The number of carbonyl (C=O) groups is 3. The predicted octanol–water partition coefficient (Wildman–Crippen LogP) is 3.83. The van der Waals surface area contributed by atoms with E-state index in [1.807, 2.05) is 0 Å². The summed E-state index contributed by atoms with van der Waals surface area (Å²) in [6.07, 6.45) is 0. The SMILES string of the molecule is CCOC(=O)c1ccc(NC(=O)CSCC(=O)Nc2ccc(Cl)cc2)cc1. The topological polar surface area (TPSA) is 84.5 Å². The van der Waals surface area contributed by atoms with E-state index in [9.17, 15) is 14.4 Å². The van der Waals surface area contributed by atoms with Gasteiger partial charge in [-0.1, -0.05) is 11.6 Å². The predicted molar refractivity (Wildman–Crippen MR) is 108 cm³/mol. The number of esters is 1. The molecule has 0 aromatic heterocycles. The van der Waals surface area contributed by atoms with Crippen LogP contribution in [0.4, 0.5) is 11.4 Å². The number of ether oxygens (including phenoxy) is 1. The van der Waals surface area contributed by atoms with Crippen molar-refractivity contribution in [2.24, 2.45) is 0 Å². The maximum absolute atomic E-state index is 11.9. The lowest BCUT2D eigenvalue weighted by atomic mass is 10.2. The highest BCUT2D eigenvalue weighted by molar-refractivity contribution is 8.00. The normalized spacial score (nSPS) is 10.1. The van der Waals surface area contributed by atoms with E-state index in [4.69, 9.17) is 16.3 Å². The van der Waals surface area contributed by atoms with Crippen LogP contribution in [0, 0.1) is 0 Å². The van der Waals surface area contributed by atoms with Crippen molar-refractivity contribution in [2.75, 3.05) is 28.7 Å². The molecule has 0 atom stereocenters. The molecule has 2 N–H and O–H groups in total. The second kappa shape index (κ2) is 10.6. The Morgan fingerprint density at radius 2 is 1.37 bits per heavy atom. The number of benzene rings is 2. The molecule has 0 unspecified atom stereocenters. The molecule has 0 fully saturated rings. The first-order chi connectivity index (χ1) is 13.0. The Bertz CT molecular complexity index is 794. The highest BCUT2D eigenvalue weighted by Gasteiger charge is 2.09. The number of anilines is 2. The van der Waals surface area contributed by atoms with E-state index < -0.39 is 5.97 Å². The molecular weight excluding hydrogens is 388 g/mol. The fourth-order valence-corrected chi connectivity index (χ4v) is 2.81. The first kappa shape index (κ1) is 20.8. The van der Waals surface area contributed by atoms with Crippen molar-refractivity contribution in [3.63, 3.8) is 0 Å². The largest absolute Gasteiger partial charge is 0.462 e. The van der Waals surface area contributed by atoms with Crippen LogP contribution in [-0.2, 0) is 14.3 Å². The molecule has 0 heterocycles. The maximum Gasteiger partial charge on any atom is 0.338 e. The Labute approximate surface area is 166 Å². The van der Waals surface area contributed by atoms with Gasteiger partial charge in [-0.2, -0.15) is 0 Å². The summed E-state index contributed by atoms with van der Waals surface area (Å²) < 4.78 is 4.90. The number of amides is 2. The number of halogens is 1. The molecule has 2 aromatic carbocycles. The van der Waals surface area contributed by atoms with Gasteiger partial charge in [-0.3, -0.25) is 9.59 Å². The third-order valence-corrected chi connectivity index (χ3v) is 4.46. The van der Waals surface area contributed by atoms with Crippen molar-refractivity contribution in [3.05, 3.63) is 59.1 Å². The lowest BCUT2D eigenvalue weighted by molar-refractivity contribution is -0.114. The first-order valence-corrected chi connectivity index (χ1v) is 9.71. The van der Waals surface area contributed by atoms with Gasteiger partial charge in [0.2, 0.25) is 11.8 Å². The van der Waals surface area contributed by atoms with Crippen LogP contribution in [0.3, 0.4) is 0 Å². The van der Waals surface area contributed by atoms with E-state index in [1.165, 1.54) is 11.8 Å². The zero-order valence-electron chi connectivity index (χ0n) is 14.7. The minimum absolute atomic E-state index is 0.133. The van der Waals surface area contributed by atoms with Gasteiger partial charge in [0.1, 0.15) is 0 Å². The molecule has 0 bridgehead atoms. The average molecular weight is 407 g/mol. The Morgan fingerprint density at radius 3 is 1.85 bits per heavy atom. The van der Waals surface area contributed by atoms with Crippen LogP contribution in [0.15, 0.2) is 48.5 Å².